The number of nitrogen functional groups attached to an aromatic ring is 1. The molecule has 38 heavy (non-hydrogen) atoms. The highest BCUT2D eigenvalue weighted by Gasteiger charge is 2.22. The van der Waals surface area contributed by atoms with Crippen LogP contribution in [0.15, 0.2) is 84.9 Å². The van der Waals surface area contributed by atoms with Gasteiger partial charge in [0.2, 0.25) is 11.8 Å². The fourth-order valence-corrected chi connectivity index (χ4v) is 3.84. The average Bonchev–Trinajstić information content (AvgIpc) is 2.90. The first kappa shape index (κ1) is 32.6. The molecule has 0 aliphatic rings. The largest absolute Gasteiger partial charge is 0.384 e. The van der Waals surface area contributed by atoms with Crippen LogP contribution in [0.2, 0.25) is 0 Å². The molecule has 0 radical (unpaired) electrons. The second-order valence-electron chi connectivity index (χ2n) is 8.83. The van der Waals surface area contributed by atoms with Crippen molar-refractivity contribution in [3.63, 3.8) is 0 Å². The number of amidine groups is 1. The molecule has 2 atom stereocenters. The van der Waals surface area contributed by atoms with Crippen LogP contribution in [0.5, 0.6) is 0 Å². The van der Waals surface area contributed by atoms with Crippen LogP contribution >= 0.6 is 24.8 Å². The van der Waals surface area contributed by atoms with Gasteiger partial charge in [0.15, 0.2) is 0 Å². The summed E-state index contributed by atoms with van der Waals surface area (Å²) in [5, 5.41) is 16.6. The van der Waals surface area contributed by atoms with E-state index in [9.17, 15) is 9.59 Å². The van der Waals surface area contributed by atoms with Crippen LogP contribution in [-0.2, 0) is 29.0 Å². The van der Waals surface area contributed by atoms with Crippen molar-refractivity contribution in [3.8, 4) is 0 Å². The molecule has 7 nitrogen and oxygen atoms in total. The number of aryl methyl sites for hydroxylation is 1. The highest BCUT2D eigenvalue weighted by molar-refractivity contribution is 5.95. The van der Waals surface area contributed by atoms with E-state index in [4.69, 9.17) is 11.1 Å². The number of carbonyl (C=O) groups is 2. The third-order valence-corrected chi connectivity index (χ3v) is 6.01. The van der Waals surface area contributed by atoms with Crippen molar-refractivity contribution in [1.29, 1.82) is 5.41 Å². The van der Waals surface area contributed by atoms with Crippen LogP contribution in [0, 0.1) is 5.41 Å². The minimum atomic E-state index is -0.677. The maximum absolute atomic E-state index is 13.1. The summed E-state index contributed by atoms with van der Waals surface area (Å²) in [6.45, 7) is 2.67. The molecule has 6 N–H and O–H groups in total. The summed E-state index contributed by atoms with van der Waals surface area (Å²) in [5.74, 6) is -0.446. The summed E-state index contributed by atoms with van der Waals surface area (Å²) in [4.78, 5) is 25.7. The summed E-state index contributed by atoms with van der Waals surface area (Å²) >= 11 is 0. The van der Waals surface area contributed by atoms with Crippen molar-refractivity contribution in [2.75, 3.05) is 6.54 Å². The van der Waals surface area contributed by atoms with Crippen molar-refractivity contribution >= 4 is 42.5 Å². The number of benzene rings is 3. The van der Waals surface area contributed by atoms with E-state index in [0.29, 0.717) is 25.1 Å². The van der Waals surface area contributed by atoms with Gasteiger partial charge in [0, 0.05) is 12.1 Å². The molecule has 0 aliphatic carbocycles. The zero-order valence-electron chi connectivity index (χ0n) is 21.5. The number of nitrogens with two attached hydrogens (primary N) is 1. The highest BCUT2D eigenvalue weighted by atomic mass is 35.5. The van der Waals surface area contributed by atoms with E-state index in [2.05, 4.69) is 40.2 Å². The number of halogens is 2. The van der Waals surface area contributed by atoms with E-state index in [0.717, 1.165) is 18.4 Å². The topological polar surface area (TPSA) is 120 Å². The summed E-state index contributed by atoms with van der Waals surface area (Å²) in [7, 11) is 0. The number of carbonyl (C=O) groups excluding carboxylic acids is 2. The van der Waals surface area contributed by atoms with E-state index in [1.165, 1.54) is 11.1 Å². The van der Waals surface area contributed by atoms with Gasteiger partial charge in [-0.25, -0.2) is 0 Å². The van der Waals surface area contributed by atoms with E-state index in [-0.39, 0.29) is 42.5 Å². The second-order valence-corrected chi connectivity index (χ2v) is 8.83. The molecule has 1 unspecified atom stereocenters. The standard InChI is InChI=1S/C29H35N5O2.2ClH/c1-21(28(35)33-20-24-12-15-25(16-13-24)27(30)31)34-29(36)26(17-14-22-8-4-2-5-9-22)32-19-18-23-10-6-3-7-11-23;;/h2-13,15-16,21,26,32H,14,17-20H2,1H3,(H3,30,31)(H,33,35)(H,34,36);2*1H/t21?,26-;;/m1../s1. The van der Waals surface area contributed by atoms with Gasteiger partial charge in [-0.05, 0) is 49.4 Å². The summed E-state index contributed by atoms with van der Waals surface area (Å²) in [6, 6.07) is 26.2. The van der Waals surface area contributed by atoms with Crippen molar-refractivity contribution in [3.05, 3.63) is 107 Å². The van der Waals surface area contributed by atoms with E-state index < -0.39 is 12.1 Å². The first-order chi connectivity index (χ1) is 17.4. The summed E-state index contributed by atoms with van der Waals surface area (Å²) < 4.78 is 0. The molecule has 2 amide bonds. The van der Waals surface area contributed by atoms with Crippen LogP contribution in [0.25, 0.3) is 0 Å². The third-order valence-electron chi connectivity index (χ3n) is 6.01. The maximum atomic E-state index is 13.1. The lowest BCUT2D eigenvalue weighted by atomic mass is 10.0. The van der Waals surface area contributed by atoms with Crippen LogP contribution in [0.4, 0.5) is 0 Å². The Bertz CT molecular complexity index is 1130. The summed E-state index contributed by atoms with van der Waals surface area (Å²) in [6.07, 6.45) is 2.20. The second kappa shape index (κ2) is 17.2. The van der Waals surface area contributed by atoms with Gasteiger partial charge in [-0.2, -0.15) is 0 Å². The average molecular weight is 559 g/mol. The zero-order valence-corrected chi connectivity index (χ0v) is 23.1. The molecule has 3 rings (SSSR count). The Labute approximate surface area is 237 Å². The quantitative estimate of drug-likeness (QED) is 0.162. The molecule has 0 aromatic heterocycles. The number of rotatable bonds is 13. The lowest BCUT2D eigenvalue weighted by Crippen LogP contribution is -2.52. The molecule has 0 heterocycles. The van der Waals surface area contributed by atoms with Gasteiger partial charge in [-0.15, -0.1) is 24.8 Å². The van der Waals surface area contributed by atoms with Gasteiger partial charge >= 0.3 is 0 Å². The molecule has 0 saturated carbocycles. The number of nitrogens with one attached hydrogen (secondary N) is 4. The highest BCUT2D eigenvalue weighted by Crippen LogP contribution is 2.07. The van der Waals surface area contributed by atoms with Crippen molar-refractivity contribution in [2.45, 2.75) is 44.8 Å². The minimum absolute atomic E-state index is 0. The monoisotopic (exact) mass is 557 g/mol. The van der Waals surface area contributed by atoms with E-state index in [1.807, 2.05) is 48.5 Å². The minimum Gasteiger partial charge on any atom is -0.384 e. The van der Waals surface area contributed by atoms with Crippen molar-refractivity contribution in [2.24, 2.45) is 5.73 Å². The van der Waals surface area contributed by atoms with Crippen molar-refractivity contribution < 1.29 is 9.59 Å². The van der Waals surface area contributed by atoms with Gasteiger partial charge in [-0.3, -0.25) is 15.0 Å². The molecular formula is C29H37Cl2N5O2. The molecule has 0 bridgehead atoms. The molecule has 0 fully saturated rings. The smallest absolute Gasteiger partial charge is 0.242 e. The maximum Gasteiger partial charge on any atom is 0.242 e. The Morgan fingerprint density at radius 1 is 0.789 bits per heavy atom. The zero-order chi connectivity index (χ0) is 25.8. The fourth-order valence-electron chi connectivity index (χ4n) is 3.84. The number of amides is 2. The predicted octanol–water partition coefficient (Wildman–Crippen LogP) is 3.77. The first-order valence-electron chi connectivity index (χ1n) is 12.2. The SMILES string of the molecule is CC(NC(=O)[C@@H](CCc1ccccc1)NCCc1ccccc1)C(=O)NCc1ccc(C(=N)N)cc1.Cl.Cl. The first-order valence-corrected chi connectivity index (χ1v) is 12.2. The van der Waals surface area contributed by atoms with Crippen LogP contribution in [-0.4, -0.2) is 36.3 Å². The molecular weight excluding hydrogens is 521 g/mol. The van der Waals surface area contributed by atoms with Gasteiger partial charge in [0.1, 0.15) is 11.9 Å². The van der Waals surface area contributed by atoms with Gasteiger partial charge in [0.05, 0.1) is 6.04 Å². The molecule has 0 aliphatic heterocycles. The molecule has 3 aromatic carbocycles. The Morgan fingerprint density at radius 3 is 1.89 bits per heavy atom. The molecule has 9 heteroatoms. The number of hydrogen-bond acceptors (Lipinski definition) is 4. The van der Waals surface area contributed by atoms with Gasteiger partial charge in [0.25, 0.3) is 0 Å². The Hall–Kier alpha value is -3.39. The Kier molecular flexibility index (Phi) is 14.8. The summed E-state index contributed by atoms with van der Waals surface area (Å²) in [5.41, 5.74) is 9.37. The van der Waals surface area contributed by atoms with Crippen molar-refractivity contribution in [1.82, 2.24) is 16.0 Å². The van der Waals surface area contributed by atoms with Crippen LogP contribution in [0.1, 0.15) is 35.6 Å². The van der Waals surface area contributed by atoms with E-state index >= 15 is 0 Å². The Morgan fingerprint density at radius 2 is 1.34 bits per heavy atom. The lowest BCUT2D eigenvalue weighted by Gasteiger charge is -2.21. The van der Waals surface area contributed by atoms with Gasteiger partial charge < -0.3 is 21.7 Å². The molecule has 0 spiro atoms. The third kappa shape index (κ3) is 10.9. The fraction of sp³-hybridized carbons (Fsp3) is 0.276. The molecule has 204 valence electrons. The van der Waals surface area contributed by atoms with E-state index in [1.54, 1.807) is 19.1 Å². The predicted molar refractivity (Wildman–Crippen MR) is 158 cm³/mol. The normalized spacial score (nSPS) is 11.7. The number of hydrogen-bond donors (Lipinski definition) is 5. The van der Waals surface area contributed by atoms with Crippen LogP contribution < -0.4 is 21.7 Å². The van der Waals surface area contributed by atoms with Crippen LogP contribution in [0.3, 0.4) is 0 Å². The lowest BCUT2D eigenvalue weighted by molar-refractivity contribution is -0.129. The molecule has 3 aromatic rings. The van der Waals surface area contributed by atoms with Gasteiger partial charge in [-0.1, -0.05) is 84.9 Å². The molecule has 0 saturated heterocycles. The Balaban J connectivity index is 0.00000361.